The van der Waals surface area contributed by atoms with Gasteiger partial charge in [0.1, 0.15) is 11.9 Å². The first kappa shape index (κ1) is 45.7. The van der Waals surface area contributed by atoms with Crippen LogP contribution in [-0.4, -0.2) is 128 Å². The van der Waals surface area contributed by atoms with E-state index in [-0.39, 0.29) is 37.6 Å². The lowest BCUT2D eigenvalue weighted by Gasteiger charge is -2.49. The number of benzene rings is 1. The third-order valence-corrected chi connectivity index (χ3v) is 12.9. The Bertz CT molecular complexity index is 1620. The molecule has 0 spiro atoms. The lowest BCUT2D eigenvalue weighted by atomic mass is 9.73. The molecule has 4 aliphatic heterocycles. The summed E-state index contributed by atoms with van der Waals surface area (Å²) in [7, 11) is 3.85. The molecule has 0 saturated carbocycles. The monoisotopic (exact) mass is 812 g/mol. The number of ether oxygens (including phenoxy) is 7. The highest BCUT2D eigenvalue weighted by atomic mass is 16.7. The third-order valence-electron chi connectivity index (χ3n) is 12.9. The fraction of sp³-hybridized carbons (Fsp3) is 0.733. The van der Waals surface area contributed by atoms with Gasteiger partial charge in [0, 0.05) is 31.2 Å². The standard InChI is InChI=1S/C45H68N2O11/c1-13-35-45(10)39(47(43(51)58-45)21-17-20-33-18-15-14-16-19-33)29(5)36(49)27(3)23-44(9)40(30(6)37(31(7)41(50)56-35)52-24-26(2)25-53-44)57-42-38(55-32(8)48)34(46(11)12)22-28(4)54-42/h14-16,18-19,27-31,34-35,37-40,42H,2,13,17,20-25H2,1,3-12H3/t27-,28-,29+,30+,31-,34+,35-,37-,38-,39-,40-,42+,44+,45-/m1/s1. The second kappa shape index (κ2) is 18.9. The fourth-order valence-corrected chi connectivity index (χ4v) is 10.0. The summed E-state index contributed by atoms with van der Waals surface area (Å²) < 4.78 is 45.4. The Labute approximate surface area is 345 Å². The first-order valence-corrected chi connectivity index (χ1v) is 21.2. The molecular weight excluding hydrogens is 744 g/mol. The van der Waals surface area contributed by atoms with E-state index >= 15 is 0 Å². The number of Topliss-reactive ketones (excluding diaryl/α,β-unsaturated/α-hetero) is 1. The van der Waals surface area contributed by atoms with Crippen molar-refractivity contribution in [1.82, 2.24) is 9.80 Å². The Kier molecular flexibility index (Phi) is 14.9. The summed E-state index contributed by atoms with van der Waals surface area (Å²) >= 11 is 0. The molecule has 4 saturated heterocycles. The van der Waals surface area contributed by atoms with Crippen LogP contribution in [0.15, 0.2) is 42.5 Å². The maximum Gasteiger partial charge on any atom is 0.410 e. The van der Waals surface area contributed by atoms with Crippen molar-refractivity contribution in [3.05, 3.63) is 48.0 Å². The van der Waals surface area contributed by atoms with Crippen molar-refractivity contribution in [3.63, 3.8) is 0 Å². The fourth-order valence-electron chi connectivity index (χ4n) is 10.0. The van der Waals surface area contributed by atoms with Gasteiger partial charge >= 0.3 is 18.0 Å². The quantitative estimate of drug-likeness (QED) is 0.161. The smallest absolute Gasteiger partial charge is 0.410 e. The lowest BCUT2D eigenvalue weighted by Crippen LogP contribution is -2.61. The first-order chi connectivity index (χ1) is 27.3. The summed E-state index contributed by atoms with van der Waals surface area (Å²) in [6.45, 7) is 21.1. The molecule has 4 fully saturated rings. The minimum Gasteiger partial charge on any atom is -0.458 e. The maximum absolute atomic E-state index is 14.9. The van der Waals surface area contributed by atoms with Crippen LogP contribution < -0.4 is 0 Å². The van der Waals surface area contributed by atoms with Gasteiger partial charge in [-0.25, -0.2) is 4.79 Å². The van der Waals surface area contributed by atoms with E-state index < -0.39 is 89.7 Å². The number of nitrogens with zero attached hydrogens (tertiary/aromatic N) is 2. The number of aryl methyl sites for hydroxylation is 1. The molecule has 0 N–H and O–H groups in total. The number of carbonyl (C=O) groups is 4. The SMILES string of the molecule is C=C1CO[C@@H]2[C@H](C)[C@@H](O[C@@H]3O[C@H](C)C[C@H](N(C)C)[C@H]3OC(C)=O)[C@](C)(C[C@@H](C)C(=O)[C@H](C)[C@H]3N(CCCc4ccccc4)C(=O)O[C@]3(C)[C@@H](CC)OC(=O)[C@@H]2C)OC1. The van der Waals surface area contributed by atoms with E-state index in [1.165, 1.54) is 6.92 Å². The predicted octanol–water partition coefficient (Wildman–Crippen LogP) is 6.15. The Morgan fingerprint density at radius 2 is 1.71 bits per heavy atom. The minimum atomic E-state index is -1.33. The van der Waals surface area contributed by atoms with Crippen LogP contribution in [0.2, 0.25) is 0 Å². The van der Waals surface area contributed by atoms with Gasteiger partial charge in [-0.15, -0.1) is 0 Å². The zero-order valence-corrected chi connectivity index (χ0v) is 36.6. The lowest BCUT2D eigenvalue weighted by molar-refractivity contribution is -0.304. The van der Waals surface area contributed by atoms with Gasteiger partial charge in [0.15, 0.2) is 18.0 Å². The molecule has 13 heteroatoms. The van der Waals surface area contributed by atoms with Gasteiger partial charge in [0.25, 0.3) is 0 Å². The van der Waals surface area contributed by atoms with Crippen molar-refractivity contribution >= 4 is 23.8 Å². The highest BCUT2D eigenvalue weighted by Gasteiger charge is 2.60. The molecule has 0 unspecified atom stereocenters. The maximum atomic E-state index is 14.9. The molecule has 1 amide bonds. The minimum absolute atomic E-state index is 0.0927. The number of hydrogen-bond donors (Lipinski definition) is 0. The van der Waals surface area contributed by atoms with Crippen LogP contribution in [0.25, 0.3) is 0 Å². The van der Waals surface area contributed by atoms with E-state index in [1.54, 1.807) is 18.7 Å². The van der Waals surface area contributed by atoms with Gasteiger partial charge < -0.3 is 43.0 Å². The molecule has 2 bridgehead atoms. The van der Waals surface area contributed by atoms with Gasteiger partial charge in [-0.3, -0.25) is 14.4 Å². The highest BCUT2D eigenvalue weighted by Crippen LogP contribution is 2.44. The molecule has 4 aliphatic rings. The number of rotatable bonds is 9. The summed E-state index contributed by atoms with van der Waals surface area (Å²) in [5, 5.41) is 0. The summed E-state index contributed by atoms with van der Waals surface area (Å²) in [6, 6.07) is 9.09. The zero-order chi connectivity index (χ0) is 42.7. The number of esters is 2. The zero-order valence-electron chi connectivity index (χ0n) is 36.6. The molecule has 0 radical (unpaired) electrons. The van der Waals surface area contributed by atoms with Crippen molar-refractivity contribution in [2.45, 2.75) is 155 Å². The topological polar surface area (TPSA) is 139 Å². The summed E-state index contributed by atoms with van der Waals surface area (Å²) in [5.41, 5.74) is -0.711. The summed E-state index contributed by atoms with van der Waals surface area (Å²) in [4.78, 5) is 59.5. The first-order valence-electron chi connectivity index (χ1n) is 21.2. The third kappa shape index (κ3) is 9.81. The van der Waals surface area contributed by atoms with Gasteiger partial charge in [-0.2, -0.15) is 0 Å². The molecule has 4 heterocycles. The van der Waals surface area contributed by atoms with Crippen LogP contribution in [0.3, 0.4) is 0 Å². The molecule has 13 nitrogen and oxygen atoms in total. The Hall–Kier alpha value is -3.36. The molecule has 5 rings (SSSR count). The normalized spacial score (nSPS) is 39.2. The van der Waals surface area contributed by atoms with Crippen LogP contribution in [0.1, 0.15) is 93.6 Å². The molecule has 0 aromatic heterocycles. The Balaban J connectivity index is 1.59. The number of ketones is 1. The van der Waals surface area contributed by atoms with E-state index in [9.17, 15) is 19.2 Å². The number of likely N-dealkylation sites (N-methyl/N-ethyl adjacent to an activating group) is 1. The molecular formula is C45H68N2O11. The van der Waals surface area contributed by atoms with Gasteiger partial charge in [0.05, 0.1) is 55.1 Å². The van der Waals surface area contributed by atoms with Crippen molar-refractivity contribution in [1.29, 1.82) is 0 Å². The molecule has 1 aromatic rings. The van der Waals surface area contributed by atoms with E-state index in [0.717, 1.165) is 12.0 Å². The number of amides is 1. The average molecular weight is 813 g/mol. The van der Waals surface area contributed by atoms with Crippen LogP contribution in [0.4, 0.5) is 4.79 Å². The molecule has 324 valence electrons. The van der Waals surface area contributed by atoms with E-state index in [0.29, 0.717) is 31.4 Å². The van der Waals surface area contributed by atoms with Crippen molar-refractivity contribution in [3.8, 4) is 0 Å². The largest absolute Gasteiger partial charge is 0.458 e. The van der Waals surface area contributed by atoms with Crippen molar-refractivity contribution in [2.24, 2.45) is 23.7 Å². The Morgan fingerprint density at radius 1 is 1.02 bits per heavy atom. The van der Waals surface area contributed by atoms with Crippen molar-refractivity contribution < 1.29 is 52.3 Å². The number of carbonyl (C=O) groups excluding carboxylic acids is 4. The van der Waals surface area contributed by atoms with Crippen LogP contribution in [0.5, 0.6) is 0 Å². The van der Waals surface area contributed by atoms with Crippen LogP contribution >= 0.6 is 0 Å². The number of hydrogen-bond acceptors (Lipinski definition) is 12. The van der Waals surface area contributed by atoms with E-state index in [1.807, 2.05) is 90.9 Å². The Morgan fingerprint density at radius 3 is 2.34 bits per heavy atom. The number of cyclic esters (lactones) is 1. The van der Waals surface area contributed by atoms with E-state index in [4.69, 9.17) is 33.2 Å². The second-order valence-electron chi connectivity index (χ2n) is 17.9. The van der Waals surface area contributed by atoms with Gasteiger partial charge in [-0.05, 0) is 85.0 Å². The summed E-state index contributed by atoms with van der Waals surface area (Å²) in [5.74, 6) is -3.78. The molecule has 0 aliphatic carbocycles. The number of fused-ring (bicyclic) bond motifs is 4. The highest BCUT2D eigenvalue weighted by molar-refractivity contribution is 5.85. The van der Waals surface area contributed by atoms with Gasteiger partial charge in [0.2, 0.25) is 0 Å². The van der Waals surface area contributed by atoms with E-state index in [2.05, 4.69) is 6.58 Å². The van der Waals surface area contributed by atoms with Gasteiger partial charge in [-0.1, -0.05) is 64.6 Å². The summed E-state index contributed by atoms with van der Waals surface area (Å²) in [6.07, 6.45) is -2.53. The van der Waals surface area contributed by atoms with Crippen LogP contribution in [0, 0.1) is 23.7 Å². The predicted molar refractivity (Wildman–Crippen MR) is 217 cm³/mol. The molecule has 58 heavy (non-hydrogen) atoms. The van der Waals surface area contributed by atoms with Crippen molar-refractivity contribution in [2.75, 3.05) is 33.9 Å². The molecule has 1 aromatic carbocycles. The van der Waals surface area contributed by atoms with Crippen LogP contribution in [-0.2, 0) is 54.0 Å². The molecule has 14 atom stereocenters. The average Bonchev–Trinajstić information content (AvgIpc) is 3.44. The second-order valence-corrected chi connectivity index (χ2v) is 17.9.